The molecular formula is C22H33FN4O. The summed E-state index contributed by atoms with van der Waals surface area (Å²) in [5.41, 5.74) is 1.73. The Labute approximate surface area is 167 Å². The van der Waals surface area contributed by atoms with Crippen LogP contribution in [0.4, 0.5) is 4.39 Å². The van der Waals surface area contributed by atoms with Crippen molar-refractivity contribution in [2.45, 2.75) is 58.0 Å². The van der Waals surface area contributed by atoms with Gasteiger partial charge in [-0.1, -0.05) is 44.7 Å². The molecule has 0 bridgehead atoms. The summed E-state index contributed by atoms with van der Waals surface area (Å²) in [7, 11) is 3.73. The van der Waals surface area contributed by atoms with Crippen LogP contribution in [0.15, 0.2) is 36.7 Å². The third-order valence-corrected chi connectivity index (χ3v) is 4.94. The minimum Gasteiger partial charge on any atom is -0.353 e. The molecule has 0 aliphatic rings. The fourth-order valence-electron chi connectivity index (χ4n) is 3.55. The molecule has 0 spiro atoms. The Balaban J connectivity index is 2.02. The van der Waals surface area contributed by atoms with Crippen LogP contribution in [-0.2, 0) is 11.8 Å². The van der Waals surface area contributed by atoms with Crippen molar-refractivity contribution in [1.82, 2.24) is 20.0 Å². The molecule has 0 aliphatic carbocycles. The number of hydrogen-bond donors (Lipinski definition) is 1. The molecule has 2 aromatic rings. The minimum atomic E-state index is -0.287. The van der Waals surface area contributed by atoms with Crippen molar-refractivity contribution in [3.63, 3.8) is 0 Å². The van der Waals surface area contributed by atoms with Gasteiger partial charge in [-0.25, -0.2) is 4.39 Å². The van der Waals surface area contributed by atoms with Gasteiger partial charge in [0.15, 0.2) is 0 Å². The molecule has 1 N–H and O–H groups in total. The van der Waals surface area contributed by atoms with E-state index in [1.54, 1.807) is 16.9 Å². The Morgan fingerprint density at radius 3 is 2.71 bits per heavy atom. The van der Waals surface area contributed by atoms with E-state index in [-0.39, 0.29) is 30.4 Å². The average Bonchev–Trinajstić information content (AvgIpc) is 3.04. The molecule has 0 saturated heterocycles. The van der Waals surface area contributed by atoms with Gasteiger partial charge in [-0.05, 0) is 38.1 Å². The Morgan fingerprint density at radius 2 is 2.07 bits per heavy atom. The summed E-state index contributed by atoms with van der Waals surface area (Å²) in [6.45, 7) is 4.47. The lowest BCUT2D eigenvalue weighted by Gasteiger charge is -2.28. The fraction of sp³-hybridized carbons (Fsp3) is 0.545. The number of carbonyl (C=O) groups excluding carboxylic acids is 1. The zero-order chi connectivity index (χ0) is 20.5. The molecule has 6 heteroatoms. The first-order chi connectivity index (χ1) is 13.4. The van der Waals surface area contributed by atoms with Gasteiger partial charge < -0.3 is 5.32 Å². The van der Waals surface area contributed by atoms with Crippen molar-refractivity contribution < 1.29 is 9.18 Å². The highest BCUT2D eigenvalue weighted by molar-refractivity contribution is 5.78. The molecule has 28 heavy (non-hydrogen) atoms. The second kappa shape index (κ2) is 11.0. The molecule has 2 atom stereocenters. The van der Waals surface area contributed by atoms with Crippen LogP contribution in [0.1, 0.15) is 63.1 Å². The smallest absolute Gasteiger partial charge is 0.234 e. The van der Waals surface area contributed by atoms with E-state index in [1.165, 1.54) is 31.4 Å². The van der Waals surface area contributed by atoms with E-state index in [9.17, 15) is 9.18 Å². The summed E-state index contributed by atoms with van der Waals surface area (Å²) in [5.74, 6) is -0.305. The van der Waals surface area contributed by atoms with Gasteiger partial charge in [0, 0.05) is 24.8 Å². The first kappa shape index (κ1) is 22.1. The number of rotatable bonds is 11. The van der Waals surface area contributed by atoms with Gasteiger partial charge in [0.05, 0.1) is 18.8 Å². The Hall–Kier alpha value is -2.21. The number of unbranched alkanes of at least 4 members (excludes halogenated alkanes) is 3. The highest BCUT2D eigenvalue weighted by Gasteiger charge is 2.23. The summed E-state index contributed by atoms with van der Waals surface area (Å²) in [5, 5.41) is 7.33. The number of likely N-dealkylation sites (N-methyl/N-ethyl adjacent to an activating group) is 1. The van der Waals surface area contributed by atoms with Crippen LogP contribution in [0.2, 0.25) is 0 Å². The predicted octanol–water partition coefficient (Wildman–Crippen LogP) is 4.06. The number of nitrogens with zero attached hydrogens (tertiary/aromatic N) is 3. The number of aryl methyl sites for hydroxylation is 1. The molecule has 1 heterocycles. The maximum Gasteiger partial charge on any atom is 0.234 e. The largest absolute Gasteiger partial charge is 0.353 e. The molecule has 0 aliphatic heterocycles. The van der Waals surface area contributed by atoms with Crippen LogP contribution in [0.25, 0.3) is 0 Å². The summed E-state index contributed by atoms with van der Waals surface area (Å²) < 4.78 is 15.5. The van der Waals surface area contributed by atoms with Crippen molar-refractivity contribution in [3.8, 4) is 0 Å². The lowest BCUT2D eigenvalue weighted by atomic mass is 10.00. The zero-order valence-electron chi connectivity index (χ0n) is 17.5. The molecule has 0 unspecified atom stereocenters. The Morgan fingerprint density at radius 1 is 1.29 bits per heavy atom. The number of hydrogen-bond acceptors (Lipinski definition) is 3. The SMILES string of the molecule is CCCCCC[C@@H](C)NC(=O)CN(C)[C@H](c1cccc(F)c1)c1cnn(C)c1. The van der Waals surface area contributed by atoms with E-state index in [4.69, 9.17) is 0 Å². The first-order valence-electron chi connectivity index (χ1n) is 10.1. The monoisotopic (exact) mass is 388 g/mol. The standard InChI is InChI=1S/C22H33FN4O/c1-5-6-7-8-10-17(2)25-21(28)16-26(3)22(19-14-24-27(4)15-19)18-11-9-12-20(23)13-18/h9,11-15,17,22H,5-8,10,16H2,1-4H3,(H,25,28)/t17-,22-/m1/s1. The summed E-state index contributed by atoms with van der Waals surface area (Å²) in [6, 6.07) is 6.43. The maximum atomic E-state index is 13.8. The number of carbonyl (C=O) groups is 1. The van der Waals surface area contributed by atoms with Gasteiger partial charge in [0.25, 0.3) is 0 Å². The third kappa shape index (κ3) is 6.75. The second-order valence-electron chi connectivity index (χ2n) is 7.64. The predicted molar refractivity (Wildman–Crippen MR) is 110 cm³/mol. The third-order valence-electron chi connectivity index (χ3n) is 4.94. The van der Waals surface area contributed by atoms with Gasteiger partial charge in [-0.2, -0.15) is 5.10 Å². The van der Waals surface area contributed by atoms with E-state index < -0.39 is 0 Å². The van der Waals surface area contributed by atoms with Crippen LogP contribution in [0.3, 0.4) is 0 Å². The van der Waals surface area contributed by atoms with Gasteiger partial charge in [-0.15, -0.1) is 0 Å². The Bertz CT molecular complexity index is 746. The molecule has 0 fully saturated rings. The van der Waals surface area contributed by atoms with Crippen LogP contribution in [0.5, 0.6) is 0 Å². The maximum absolute atomic E-state index is 13.8. The van der Waals surface area contributed by atoms with Crippen molar-refractivity contribution in [1.29, 1.82) is 0 Å². The number of amides is 1. The van der Waals surface area contributed by atoms with E-state index >= 15 is 0 Å². The Kier molecular flexibility index (Phi) is 8.64. The van der Waals surface area contributed by atoms with Crippen LogP contribution < -0.4 is 5.32 Å². The van der Waals surface area contributed by atoms with E-state index in [0.717, 1.165) is 24.0 Å². The molecule has 154 valence electrons. The minimum absolute atomic E-state index is 0.0178. The molecule has 2 rings (SSSR count). The molecule has 0 radical (unpaired) electrons. The number of halogens is 1. The zero-order valence-corrected chi connectivity index (χ0v) is 17.5. The van der Waals surface area contributed by atoms with E-state index in [1.807, 2.05) is 31.3 Å². The topological polar surface area (TPSA) is 50.2 Å². The molecule has 1 aromatic heterocycles. The molecule has 0 saturated carbocycles. The summed E-state index contributed by atoms with van der Waals surface area (Å²) in [4.78, 5) is 14.5. The first-order valence-corrected chi connectivity index (χ1v) is 10.1. The fourth-order valence-corrected chi connectivity index (χ4v) is 3.55. The number of nitrogens with one attached hydrogen (secondary N) is 1. The molecule has 1 amide bonds. The lowest BCUT2D eigenvalue weighted by molar-refractivity contribution is -0.122. The van der Waals surface area contributed by atoms with Gasteiger partial charge in [-0.3, -0.25) is 14.4 Å². The molecule has 1 aromatic carbocycles. The van der Waals surface area contributed by atoms with Gasteiger partial charge >= 0.3 is 0 Å². The highest BCUT2D eigenvalue weighted by atomic mass is 19.1. The summed E-state index contributed by atoms with van der Waals surface area (Å²) >= 11 is 0. The quantitative estimate of drug-likeness (QED) is 0.591. The second-order valence-corrected chi connectivity index (χ2v) is 7.64. The van der Waals surface area contributed by atoms with Crippen molar-refractivity contribution in [2.24, 2.45) is 7.05 Å². The van der Waals surface area contributed by atoms with Crippen molar-refractivity contribution >= 4 is 5.91 Å². The number of benzene rings is 1. The average molecular weight is 389 g/mol. The van der Waals surface area contributed by atoms with Crippen LogP contribution in [0, 0.1) is 5.82 Å². The van der Waals surface area contributed by atoms with Crippen LogP contribution in [-0.4, -0.2) is 40.2 Å². The van der Waals surface area contributed by atoms with Crippen molar-refractivity contribution in [3.05, 3.63) is 53.6 Å². The van der Waals surface area contributed by atoms with Gasteiger partial charge in [0.2, 0.25) is 5.91 Å². The number of aromatic nitrogens is 2. The van der Waals surface area contributed by atoms with Crippen molar-refractivity contribution in [2.75, 3.05) is 13.6 Å². The summed E-state index contributed by atoms with van der Waals surface area (Å²) in [6.07, 6.45) is 9.45. The molecular weight excluding hydrogens is 355 g/mol. The van der Waals surface area contributed by atoms with Gasteiger partial charge in [0.1, 0.15) is 5.82 Å². The molecule has 5 nitrogen and oxygen atoms in total. The van der Waals surface area contributed by atoms with E-state index in [2.05, 4.69) is 24.3 Å². The van der Waals surface area contributed by atoms with Crippen LogP contribution >= 0.6 is 0 Å². The highest BCUT2D eigenvalue weighted by Crippen LogP contribution is 2.27. The normalized spacial score (nSPS) is 13.5. The van der Waals surface area contributed by atoms with E-state index in [0.29, 0.717) is 0 Å². The lowest BCUT2D eigenvalue weighted by Crippen LogP contribution is -2.41.